The molecule has 0 radical (unpaired) electrons. The van der Waals surface area contributed by atoms with Crippen LogP contribution in [-0.4, -0.2) is 24.2 Å². The Bertz CT molecular complexity index is 816. The smallest absolute Gasteiger partial charge is 0.161 e. The van der Waals surface area contributed by atoms with E-state index >= 15 is 0 Å². The molecule has 0 spiro atoms. The van der Waals surface area contributed by atoms with Crippen molar-refractivity contribution in [1.82, 2.24) is 9.97 Å². The van der Waals surface area contributed by atoms with Crippen LogP contribution in [0.2, 0.25) is 0 Å². The molecule has 0 fully saturated rings. The van der Waals surface area contributed by atoms with Gasteiger partial charge in [-0.25, -0.2) is 4.98 Å². The largest absolute Gasteiger partial charge is 0.493 e. The SMILES string of the molecule is COc1cc(Br)c(-c2nc3cc(C)c(C)cc3[nH]2)cc1OC. The van der Waals surface area contributed by atoms with Gasteiger partial charge in [-0.2, -0.15) is 0 Å². The lowest BCUT2D eigenvalue weighted by atomic mass is 10.1. The van der Waals surface area contributed by atoms with Crippen LogP contribution in [0.4, 0.5) is 0 Å². The molecule has 3 aromatic rings. The Morgan fingerprint density at radius 1 is 0.955 bits per heavy atom. The molecular weight excluding hydrogens is 344 g/mol. The van der Waals surface area contributed by atoms with Crippen molar-refractivity contribution in [3.05, 3.63) is 39.9 Å². The number of rotatable bonds is 3. The third-order valence-electron chi connectivity index (χ3n) is 3.83. The summed E-state index contributed by atoms with van der Waals surface area (Å²) in [5, 5.41) is 0. The van der Waals surface area contributed by atoms with Crippen LogP contribution < -0.4 is 9.47 Å². The Morgan fingerprint density at radius 2 is 1.59 bits per heavy atom. The lowest BCUT2D eigenvalue weighted by Gasteiger charge is -2.10. The molecule has 5 heteroatoms. The minimum absolute atomic E-state index is 0.675. The molecule has 0 aliphatic heterocycles. The van der Waals surface area contributed by atoms with Crippen molar-refractivity contribution in [1.29, 1.82) is 0 Å². The number of hydrogen-bond acceptors (Lipinski definition) is 3. The molecule has 0 atom stereocenters. The first-order valence-corrected chi connectivity index (χ1v) is 7.71. The van der Waals surface area contributed by atoms with Gasteiger partial charge >= 0.3 is 0 Å². The second-order valence-electron chi connectivity index (χ2n) is 5.23. The lowest BCUT2D eigenvalue weighted by molar-refractivity contribution is 0.355. The van der Waals surface area contributed by atoms with Gasteiger partial charge in [0, 0.05) is 10.0 Å². The predicted molar refractivity (Wildman–Crippen MR) is 91.8 cm³/mol. The van der Waals surface area contributed by atoms with Gasteiger partial charge in [0.1, 0.15) is 5.82 Å². The number of nitrogens with zero attached hydrogens (tertiary/aromatic N) is 1. The summed E-state index contributed by atoms with van der Waals surface area (Å²) in [6.45, 7) is 4.19. The molecule has 22 heavy (non-hydrogen) atoms. The third-order valence-corrected chi connectivity index (χ3v) is 4.48. The molecule has 0 aliphatic rings. The first-order chi connectivity index (χ1) is 10.5. The van der Waals surface area contributed by atoms with Gasteiger partial charge in [0.15, 0.2) is 11.5 Å². The molecule has 0 amide bonds. The Balaban J connectivity index is 2.18. The van der Waals surface area contributed by atoms with Crippen molar-refractivity contribution >= 4 is 27.0 Å². The Kier molecular flexibility index (Phi) is 3.83. The second kappa shape index (κ2) is 5.65. The number of ether oxygens (including phenoxy) is 2. The quantitative estimate of drug-likeness (QED) is 0.740. The van der Waals surface area contributed by atoms with E-state index < -0.39 is 0 Å². The number of aromatic amines is 1. The van der Waals surface area contributed by atoms with Gasteiger partial charge in [-0.05, 0) is 65.2 Å². The summed E-state index contributed by atoms with van der Waals surface area (Å²) in [6, 6.07) is 8.02. The van der Waals surface area contributed by atoms with Gasteiger partial charge < -0.3 is 14.5 Å². The van der Waals surface area contributed by atoms with Crippen LogP contribution in [0.5, 0.6) is 11.5 Å². The van der Waals surface area contributed by atoms with E-state index in [4.69, 9.17) is 14.5 Å². The minimum atomic E-state index is 0.675. The molecule has 1 heterocycles. The van der Waals surface area contributed by atoms with E-state index in [1.54, 1.807) is 14.2 Å². The summed E-state index contributed by atoms with van der Waals surface area (Å²) < 4.78 is 11.6. The predicted octanol–water partition coefficient (Wildman–Crippen LogP) is 4.63. The standard InChI is InChI=1S/C17H17BrN2O2/c1-9-5-13-14(6-10(9)2)20-17(19-13)11-7-15(21-3)16(22-4)8-12(11)18/h5-8H,1-4H3,(H,19,20). The molecular formula is C17H17BrN2O2. The highest BCUT2D eigenvalue weighted by atomic mass is 79.9. The molecule has 0 aliphatic carbocycles. The fraction of sp³-hybridized carbons (Fsp3) is 0.235. The number of aryl methyl sites for hydroxylation is 2. The number of nitrogens with one attached hydrogen (secondary N) is 1. The maximum atomic E-state index is 5.38. The van der Waals surface area contributed by atoms with Gasteiger partial charge in [-0.3, -0.25) is 0 Å². The van der Waals surface area contributed by atoms with Gasteiger partial charge in [-0.15, -0.1) is 0 Å². The maximum Gasteiger partial charge on any atom is 0.161 e. The van der Waals surface area contributed by atoms with E-state index in [1.807, 2.05) is 12.1 Å². The monoisotopic (exact) mass is 360 g/mol. The molecule has 2 aromatic carbocycles. The Labute approximate surface area is 137 Å². The number of fused-ring (bicyclic) bond motifs is 1. The number of H-pyrrole nitrogens is 1. The van der Waals surface area contributed by atoms with Crippen molar-refractivity contribution in [3.63, 3.8) is 0 Å². The van der Waals surface area contributed by atoms with Crippen LogP contribution in [0.3, 0.4) is 0 Å². The first kappa shape index (κ1) is 14.9. The fourth-order valence-electron chi connectivity index (χ4n) is 2.43. The highest BCUT2D eigenvalue weighted by molar-refractivity contribution is 9.10. The highest BCUT2D eigenvalue weighted by Crippen LogP contribution is 2.38. The van der Waals surface area contributed by atoms with Crippen molar-refractivity contribution in [2.75, 3.05) is 14.2 Å². The third kappa shape index (κ3) is 2.46. The van der Waals surface area contributed by atoms with Crippen LogP contribution in [0, 0.1) is 13.8 Å². The van der Waals surface area contributed by atoms with E-state index in [-0.39, 0.29) is 0 Å². The number of hydrogen-bond donors (Lipinski definition) is 1. The van der Waals surface area contributed by atoms with Crippen LogP contribution in [0.15, 0.2) is 28.7 Å². The molecule has 3 rings (SSSR count). The van der Waals surface area contributed by atoms with Crippen molar-refractivity contribution in [2.45, 2.75) is 13.8 Å². The number of imidazole rings is 1. The van der Waals surface area contributed by atoms with E-state index in [9.17, 15) is 0 Å². The van der Waals surface area contributed by atoms with E-state index in [2.05, 4.69) is 46.9 Å². The molecule has 1 aromatic heterocycles. The zero-order chi connectivity index (χ0) is 15.9. The maximum absolute atomic E-state index is 5.38. The number of halogens is 1. The van der Waals surface area contributed by atoms with Gasteiger partial charge in [0.2, 0.25) is 0 Å². The number of methoxy groups -OCH3 is 2. The number of benzene rings is 2. The lowest BCUT2D eigenvalue weighted by Crippen LogP contribution is -1.92. The molecule has 1 N–H and O–H groups in total. The average molecular weight is 361 g/mol. The second-order valence-corrected chi connectivity index (χ2v) is 6.08. The molecule has 0 saturated carbocycles. The summed E-state index contributed by atoms with van der Waals surface area (Å²) >= 11 is 3.58. The molecule has 4 nitrogen and oxygen atoms in total. The van der Waals surface area contributed by atoms with Crippen LogP contribution in [0.25, 0.3) is 22.4 Å². The average Bonchev–Trinajstić information content (AvgIpc) is 2.89. The van der Waals surface area contributed by atoms with Gasteiger partial charge in [0.25, 0.3) is 0 Å². The van der Waals surface area contributed by atoms with E-state index in [1.165, 1.54) is 11.1 Å². The molecule has 114 valence electrons. The fourth-order valence-corrected chi connectivity index (χ4v) is 2.94. The van der Waals surface area contributed by atoms with Gasteiger partial charge in [0.05, 0.1) is 25.3 Å². The van der Waals surface area contributed by atoms with Crippen LogP contribution in [-0.2, 0) is 0 Å². The van der Waals surface area contributed by atoms with E-state index in [0.717, 1.165) is 26.9 Å². The van der Waals surface area contributed by atoms with Gasteiger partial charge in [-0.1, -0.05) is 0 Å². The van der Waals surface area contributed by atoms with Crippen LogP contribution >= 0.6 is 15.9 Å². The molecule has 0 saturated heterocycles. The van der Waals surface area contributed by atoms with Crippen molar-refractivity contribution in [2.24, 2.45) is 0 Å². The zero-order valence-electron chi connectivity index (χ0n) is 13.0. The summed E-state index contributed by atoms with van der Waals surface area (Å²) in [7, 11) is 3.25. The summed E-state index contributed by atoms with van der Waals surface area (Å²) in [5.74, 6) is 2.15. The number of aromatic nitrogens is 2. The summed E-state index contributed by atoms with van der Waals surface area (Å²) in [6.07, 6.45) is 0. The zero-order valence-corrected chi connectivity index (χ0v) is 14.5. The van der Waals surface area contributed by atoms with Crippen LogP contribution in [0.1, 0.15) is 11.1 Å². The van der Waals surface area contributed by atoms with Crippen molar-refractivity contribution in [3.8, 4) is 22.9 Å². The van der Waals surface area contributed by atoms with Crippen molar-refractivity contribution < 1.29 is 9.47 Å². The molecule has 0 bridgehead atoms. The Hall–Kier alpha value is -2.01. The highest BCUT2D eigenvalue weighted by Gasteiger charge is 2.14. The summed E-state index contributed by atoms with van der Waals surface area (Å²) in [5.41, 5.74) is 5.40. The molecule has 0 unspecified atom stereocenters. The Morgan fingerprint density at radius 3 is 2.27 bits per heavy atom. The first-order valence-electron chi connectivity index (χ1n) is 6.92. The minimum Gasteiger partial charge on any atom is -0.493 e. The normalized spacial score (nSPS) is 11.0. The van der Waals surface area contributed by atoms with E-state index in [0.29, 0.717) is 11.5 Å². The topological polar surface area (TPSA) is 47.1 Å². The summed E-state index contributed by atoms with van der Waals surface area (Å²) in [4.78, 5) is 8.07.